The third kappa shape index (κ3) is 3.35. The van der Waals surface area contributed by atoms with Crippen LogP contribution in [0.3, 0.4) is 0 Å². The van der Waals surface area contributed by atoms with Gasteiger partial charge in [-0.15, -0.1) is 0 Å². The van der Waals surface area contributed by atoms with E-state index in [1.165, 1.54) is 27.8 Å². The first-order chi connectivity index (χ1) is 9.56. The molecule has 0 bridgehead atoms. The second-order valence-electron chi connectivity index (χ2n) is 5.10. The van der Waals surface area contributed by atoms with Crippen molar-refractivity contribution in [3.05, 3.63) is 68.7 Å². The van der Waals surface area contributed by atoms with Crippen LogP contribution in [0.25, 0.3) is 0 Å². The van der Waals surface area contributed by atoms with Gasteiger partial charge in [0.1, 0.15) is 0 Å². The fourth-order valence-corrected chi connectivity index (χ4v) is 3.70. The van der Waals surface area contributed by atoms with E-state index in [1.54, 1.807) is 0 Å². The van der Waals surface area contributed by atoms with Crippen LogP contribution in [0.2, 0.25) is 0 Å². The maximum absolute atomic E-state index is 3.87. The number of aryl methyl sites for hydroxylation is 3. The lowest BCUT2D eigenvalue weighted by Crippen LogP contribution is -1.99. The molecule has 0 saturated carbocycles. The van der Waals surface area contributed by atoms with Gasteiger partial charge in [-0.1, -0.05) is 70.0 Å². The molecule has 0 nitrogen and oxygen atoms in total. The lowest BCUT2D eigenvalue weighted by Gasteiger charge is -2.16. The lowest BCUT2D eigenvalue weighted by atomic mass is 9.95. The molecule has 0 aromatic heterocycles. The van der Waals surface area contributed by atoms with E-state index in [-0.39, 0.29) is 4.83 Å². The maximum atomic E-state index is 3.87. The first kappa shape index (κ1) is 15.8. The zero-order chi connectivity index (χ0) is 14.7. The van der Waals surface area contributed by atoms with Crippen molar-refractivity contribution in [1.82, 2.24) is 0 Å². The van der Waals surface area contributed by atoms with E-state index < -0.39 is 0 Å². The fraction of sp³-hybridized carbons (Fsp3) is 0.333. The highest BCUT2D eigenvalue weighted by Gasteiger charge is 2.14. The Morgan fingerprint density at radius 3 is 2.30 bits per heavy atom. The molecule has 2 aromatic carbocycles. The third-order valence-electron chi connectivity index (χ3n) is 3.80. The molecule has 0 spiro atoms. The number of rotatable bonds is 4. The van der Waals surface area contributed by atoms with Crippen molar-refractivity contribution in [2.45, 2.75) is 38.4 Å². The minimum absolute atomic E-state index is 0.246. The van der Waals surface area contributed by atoms with Gasteiger partial charge in [-0.3, -0.25) is 0 Å². The first-order valence-corrected chi connectivity index (χ1v) is 8.79. The standard InChI is InChI=1S/C18H20Br2/c1-4-13-7-8-15(10-14(13)5-2)18(20)17-11-16(19)9-6-12(17)3/h6-11,18H,4-5H2,1-3H3. The summed E-state index contributed by atoms with van der Waals surface area (Å²) in [5.41, 5.74) is 6.89. The quantitative estimate of drug-likeness (QED) is 0.527. The molecule has 0 fully saturated rings. The van der Waals surface area contributed by atoms with E-state index in [2.05, 4.69) is 89.0 Å². The van der Waals surface area contributed by atoms with Gasteiger partial charge in [0.15, 0.2) is 0 Å². The Labute approximate surface area is 138 Å². The van der Waals surface area contributed by atoms with Crippen molar-refractivity contribution in [3.8, 4) is 0 Å². The summed E-state index contributed by atoms with van der Waals surface area (Å²) in [7, 11) is 0. The van der Waals surface area contributed by atoms with Gasteiger partial charge >= 0.3 is 0 Å². The first-order valence-electron chi connectivity index (χ1n) is 7.08. The van der Waals surface area contributed by atoms with Gasteiger partial charge in [-0.05, 0) is 59.7 Å². The van der Waals surface area contributed by atoms with Crippen molar-refractivity contribution in [2.75, 3.05) is 0 Å². The van der Waals surface area contributed by atoms with E-state index in [0.29, 0.717) is 0 Å². The minimum Gasteiger partial charge on any atom is -0.0786 e. The van der Waals surface area contributed by atoms with Crippen molar-refractivity contribution in [1.29, 1.82) is 0 Å². The SMILES string of the molecule is CCc1ccc(C(Br)c2cc(Br)ccc2C)cc1CC. The smallest absolute Gasteiger partial charge is 0.0647 e. The zero-order valence-electron chi connectivity index (χ0n) is 12.2. The number of alkyl halides is 1. The zero-order valence-corrected chi connectivity index (χ0v) is 15.4. The van der Waals surface area contributed by atoms with Crippen molar-refractivity contribution >= 4 is 31.9 Å². The summed E-state index contributed by atoms with van der Waals surface area (Å²) in [6, 6.07) is 13.3. The molecule has 106 valence electrons. The Hall–Kier alpha value is -0.600. The molecule has 2 aromatic rings. The molecule has 1 unspecified atom stereocenters. The van der Waals surface area contributed by atoms with Crippen LogP contribution in [0.4, 0.5) is 0 Å². The number of hydrogen-bond donors (Lipinski definition) is 0. The van der Waals surface area contributed by atoms with Crippen molar-refractivity contribution < 1.29 is 0 Å². The Balaban J connectivity index is 2.42. The number of halogens is 2. The van der Waals surface area contributed by atoms with Crippen LogP contribution in [-0.4, -0.2) is 0 Å². The predicted octanol–water partition coefficient (Wildman–Crippen LogP) is 6.37. The summed E-state index contributed by atoms with van der Waals surface area (Å²) in [5, 5.41) is 0. The van der Waals surface area contributed by atoms with Crippen molar-refractivity contribution in [2.24, 2.45) is 0 Å². The summed E-state index contributed by atoms with van der Waals surface area (Å²) in [6.45, 7) is 6.61. The Bertz CT molecular complexity index is 602. The summed E-state index contributed by atoms with van der Waals surface area (Å²) in [6.07, 6.45) is 2.19. The van der Waals surface area contributed by atoms with Crippen LogP contribution in [0.1, 0.15) is 46.5 Å². The molecule has 0 amide bonds. The van der Waals surface area contributed by atoms with E-state index >= 15 is 0 Å². The average Bonchev–Trinajstić information content (AvgIpc) is 2.48. The molecule has 1 atom stereocenters. The van der Waals surface area contributed by atoms with E-state index in [9.17, 15) is 0 Å². The van der Waals surface area contributed by atoms with E-state index in [1.807, 2.05) is 0 Å². The highest BCUT2D eigenvalue weighted by Crippen LogP contribution is 2.35. The van der Waals surface area contributed by atoms with Crippen molar-refractivity contribution in [3.63, 3.8) is 0 Å². The van der Waals surface area contributed by atoms with Gasteiger partial charge in [0, 0.05) is 4.47 Å². The largest absolute Gasteiger partial charge is 0.0786 e. The second kappa shape index (κ2) is 6.91. The molecular formula is C18H20Br2. The highest BCUT2D eigenvalue weighted by atomic mass is 79.9. The van der Waals surface area contributed by atoms with Gasteiger partial charge in [-0.2, -0.15) is 0 Å². The van der Waals surface area contributed by atoms with Gasteiger partial charge in [-0.25, -0.2) is 0 Å². The Morgan fingerprint density at radius 2 is 1.65 bits per heavy atom. The van der Waals surface area contributed by atoms with Gasteiger partial charge in [0.25, 0.3) is 0 Å². The summed E-state index contributed by atoms with van der Waals surface area (Å²) in [4.78, 5) is 0.246. The third-order valence-corrected chi connectivity index (χ3v) is 5.31. The molecule has 0 aliphatic rings. The van der Waals surface area contributed by atoms with Crippen LogP contribution in [0.5, 0.6) is 0 Å². The Kier molecular flexibility index (Phi) is 5.45. The van der Waals surface area contributed by atoms with Gasteiger partial charge in [0.2, 0.25) is 0 Å². The normalized spacial score (nSPS) is 12.4. The van der Waals surface area contributed by atoms with E-state index in [0.717, 1.165) is 17.3 Å². The number of hydrogen-bond acceptors (Lipinski definition) is 0. The summed E-state index contributed by atoms with van der Waals surface area (Å²) >= 11 is 7.44. The molecule has 20 heavy (non-hydrogen) atoms. The molecule has 0 N–H and O–H groups in total. The maximum Gasteiger partial charge on any atom is 0.0647 e. The molecule has 2 rings (SSSR count). The van der Waals surface area contributed by atoms with Crippen LogP contribution in [0.15, 0.2) is 40.9 Å². The van der Waals surface area contributed by atoms with Crippen LogP contribution in [-0.2, 0) is 12.8 Å². The predicted molar refractivity (Wildman–Crippen MR) is 94.8 cm³/mol. The van der Waals surface area contributed by atoms with E-state index in [4.69, 9.17) is 0 Å². The summed E-state index contributed by atoms with van der Waals surface area (Å²) in [5.74, 6) is 0. The average molecular weight is 396 g/mol. The van der Waals surface area contributed by atoms with Crippen LogP contribution >= 0.6 is 31.9 Å². The topological polar surface area (TPSA) is 0 Å². The molecule has 0 aliphatic carbocycles. The second-order valence-corrected chi connectivity index (χ2v) is 6.93. The molecule has 0 aliphatic heterocycles. The van der Waals surface area contributed by atoms with Gasteiger partial charge < -0.3 is 0 Å². The minimum atomic E-state index is 0.246. The Morgan fingerprint density at radius 1 is 0.950 bits per heavy atom. The number of benzene rings is 2. The monoisotopic (exact) mass is 394 g/mol. The highest BCUT2D eigenvalue weighted by molar-refractivity contribution is 9.10. The molecule has 0 saturated heterocycles. The molecular weight excluding hydrogens is 376 g/mol. The van der Waals surface area contributed by atoms with Gasteiger partial charge in [0.05, 0.1) is 4.83 Å². The van der Waals surface area contributed by atoms with Crippen LogP contribution in [0, 0.1) is 6.92 Å². The summed E-state index contributed by atoms with van der Waals surface area (Å²) < 4.78 is 1.13. The molecule has 0 radical (unpaired) electrons. The fourth-order valence-electron chi connectivity index (χ4n) is 2.54. The molecule has 2 heteroatoms. The molecule has 0 heterocycles. The van der Waals surface area contributed by atoms with Crippen LogP contribution < -0.4 is 0 Å². The lowest BCUT2D eigenvalue weighted by molar-refractivity contribution is 1.02.